The molecule has 2 heterocycles. The van der Waals surface area contributed by atoms with Gasteiger partial charge in [0.05, 0.1) is 19.3 Å². The van der Waals surface area contributed by atoms with Crippen molar-refractivity contribution in [3.8, 4) is 0 Å². The van der Waals surface area contributed by atoms with E-state index < -0.39 is 0 Å². The van der Waals surface area contributed by atoms with E-state index in [4.69, 9.17) is 4.74 Å². The van der Waals surface area contributed by atoms with Gasteiger partial charge in [-0.2, -0.15) is 0 Å². The fourth-order valence-electron chi connectivity index (χ4n) is 3.16. The van der Waals surface area contributed by atoms with Gasteiger partial charge in [-0.25, -0.2) is 0 Å². The quantitative estimate of drug-likeness (QED) is 0.901. The second-order valence-electron chi connectivity index (χ2n) is 6.87. The maximum absolute atomic E-state index is 5.38. The van der Waals surface area contributed by atoms with Gasteiger partial charge in [0.1, 0.15) is 0 Å². The first-order chi connectivity index (χ1) is 10.6. The van der Waals surface area contributed by atoms with Crippen molar-refractivity contribution in [3.63, 3.8) is 0 Å². The molecule has 4 nitrogen and oxygen atoms in total. The van der Waals surface area contributed by atoms with Crippen LogP contribution < -0.4 is 10.2 Å². The molecule has 0 aliphatic carbocycles. The summed E-state index contributed by atoms with van der Waals surface area (Å²) in [4.78, 5) is 4.97. The first-order valence-corrected chi connectivity index (χ1v) is 8.51. The molecule has 1 aromatic carbocycles. The number of anilines is 1. The topological polar surface area (TPSA) is 27.7 Å². The van der Waals surface area contributed by atoms with Crippen LogP contribution in [0.1, 0.15) is 30.9 Å². The molecule has 0 atom stereocenters. The van der Waals surface area contributed by atoms with Crippen molar-refractivity contribution in [2.45, 2.75) is 32.4 Å². The minimum Gasteiger partial charge on any atom is -0.377 e. The Hall–Kier alpha value is -1.10. The highest BCUT2D eigenvalue weighted by molar-refractivity contribution is 5.56. The molecule has 1 N–H and O–H groups in total. The van der Waals surface area contributed by atoms with Gasteiger partial charge in [-0.15, -0.1) is 0 Å². The molecule has 0 radical (unpaired) electrons. The zero-order valence-electron chi connectivity index (χ0n) is 14.1. The number of likely N-dealkylation sites (N-methyl/N-ethyl adjacent to an activating group) is 1. The first-order valence-electron chi connectivity index (χ1n) is 8.51. The molecule has 2 saturated heterocycles. The highest BCUT2D eigenvalue weighted by Gasteiger charge is 2.25. The Kier molecular flexibility index (Phi) is 5.01. The molecule has 3 rings (SSSR count). The summed E-state index contributed by atoms with van der Waals surface area (Å²) in [6, 6.07) is 7.56. The number of rotatable bonds is 5. The lowest BCUT2D eigenvalue weighted by Gasteiger charge is -2.38. The predicted octanol–water partition coefficient (Wildman–Crippen LogP) is 2.05. The lowest BCUT2D eigenvalue weighted by atomic mass is 9.98. The molecule has 4 heteroatoms. The Morgan fingerprint density at radius 1 is 1.27 bits per heavy atom. The summed E-state index contributed by atoms with van der Waals surface area (Å²) in [6.45, 7) is 11.8. The summed E-state index contributed by atoms with van der Waals surface area (Å²) >= 11 is 0. The largest absolute Gasteiger partial charge is 0.377 e. The first kappa shape index (κ1) is 15.8. The van der Waals surface area contributed by atoms with Crippen LogP contribution in [0.3, 0.4) is 0 Å². The van der Waals surface area contributed by atoms with Crippen LogP contribution in [-0.4, -0.2) is 57.4 Å². The Morgan fingerprint density at radius 2 is 2.00 bits per heavy atom. The van der Waals surface area contributed by atoms with Gasteiger partial charge < -0.3 is 15.0 Å². The minimum absolute atomic E-state index is 0.532. The fraction of sp³-hybridized carbons (Fsp3) is 0.667. The average molecular weight is 303 g/mol. The van der Waals surface area contributed by atoms with Crippen molar-refractivity contribution < 1.29 is 4.74 Å². The highest BCUT2D eigenvalue weighted by atomic mass is 16.5. The molecule has 0 unspecified atom stereocenters. The van der Waals surface area contributed by atoms with Gasteiger partial charge >= 0.3 is 0 Å². The number of piperazine rings is 1. The molecule has 0 bridgehead atoms. The van der Waals surface area contributed by atoms with Gasteiger partial charge in [0, 0.05) is 45.5 Å². The third-order valence-corrected chi connectivity index (χ3v) is 4.93. The second kappa shape index (κ2) is 6.99. The number of hydrogen-bond acceptors (Lipinski definition) is 4. The smallest absolute Gasteiger partial charge is 0.0754 e. The maximum Gasteiger partial charge on any atom is 0.0754 e. The van der Waals surface area contributed by atoms with Crippen molar-refractivity contribution in [2.24, 2.45) is 0 Å². The zero-order chi connectivity index (χ0) is 15.5. The standard InChI is InChI=1S/C18H29N3O/c1-14(2)15-4-5-16(11-21-8-6-19-7-9-21)18(10-15)20(3)17-12-22-13-17/h4-5,10,14,17,19H,6-9,11-13H2,1-3H3. The molecule has 0 aromatic heterocycles. The summed E-state index contributed by atoms with van der Waals surface area (Å²) < 4.78 is 5.38. The van der Waals surface area contributed by atoms with Crippen LogP contribution in [-0.2, 0) is 11.3 Å². The predicted molar refractivity (Wildman–Crippen MR) is 91.7 cm³/mol. The van der Waals surface area contributed by atoms with E-state index in [0.717, 1.165) is 45.9 Å². The van der Waals surface area contributed by atoms with Crippen LogP contribution in [0.15, 0.2) is 18.2 Å². The minimum atomic E-state index is 0.532. The van der Waals surface area contributed by atoms with Gasteiger partial charge in [-0.05, 0) is 23.1 Å². The monoisotopic (exact) mass is 303 g/mol. The molecule has 22 heavy (non-hydrogen) atoms. The summed E-state index contributed by atoms with van der Waals surface area (Å²) in [7, 11) is 2.22. The van der Waals surface area contributed by atoms with Gasteiger partial charge in [0.25, 0.3) is 0 Å². The number of nitrogens with zero attached hydrogens (tertiary/aromatic N) is 2. The van der Waals surface area contributed by atoms with Crippen LogP contribution in [0.5, 0.6) is 0 Å². The van der Waals surface area contributed by atoms with Gasteiger partial charge in [-0.3, -0.25) is 4.90 Å². The molecule has 1 aromatic rings. The van der Waals surface area contributed by atoms with E-state index >= 15 is 0 Å². The number of nitrogens with one attached hydrogen (secondary N) is 1. The summed E-state index contributed by atoms with van der Waals surface area (Å²) in [5.41, 5.74) is 4.25. The summed E-state index contributed by atoms with van der Waals surface area (Å²) in [5.74, 6) is 0.568. The molecule has 0 amide bonds. The van der Waals surface area contributed by atoms with E-state index in [9.17, 15) is 0 Å². The van der Waals surface area contributed by atoms with Gasteiger partial charge in [0.15, 0.2) is 0 Å². The number of hydrogen-bond donors (Lipinski definition) is 1. The molecule has 0 spiro atoms. The average Bonchev–Trinajstić information content (AvgIpc) is 2.46. The van der Waals surface area contributed by atoms with Crippen molar-refractivity contribution in [2.75, 3.05) is 51.3 Å². The fourth-order valence-corrected chi connectivity index (χ4v) is 3.16. The third kappa shape index (κ3) is 3.45. The van der Waals surface area contributed by atoms with Crippen LogP contribution in [0.2, 0.25) is 0 Å². The Morgan fingerprint density at radius 3 is 2.59 bits per heavy atom. The molecule has 122 valence electrons. The normalized spacial score (nSPS) is 20.2. The van der Waals surface area contributed by atoms with Crippen molar-refractivity contribution >= 4 is 5.69 Å². The Balaban J connectivity index is 1.82. The molecular weight excluding hydrogens is 274 g/mol. The van der Waals surface area contributed by atoms with E-state index in [0.29, 0.717) is 12.0 Å². The summed E-state index contributed by atoms with van der Waals surface area (Å²) in [6.07, 6.45) is 0. The van der Waals surface area contributed by atoms with Crippen LogP contribution in [0, 0.1) is 0 Å². The third-order valence-electron chi connectivity index (χ3n) is 4.93. The molecule has 2 aliphatic rings. The van der Waals surface area contributed by atoms with Gasteiger partial charge in [-0.1, -0.05) is 26.0 Å². The Labute approximate surface area is 134 Å². The highest BCUT2D eigenvalue weighted by Crippen LogP contribution is 2.29. The molecule has 2 fully saturated rings. The lowest BCUT2D eigenvalue weighted by Crippen LogP contribution is -2.48. The SMILES string of the molecule is CC(C)c1ccc(CN2CCNCC2)c(N(C)C2COC2)c1. The van der Waals surface area contributed by atoms with E-state index in [1.165, 1.54) is 16.8 Å². The molecule has 2 aliphatic heterocycles. The van der Waals surface area contributed by atoms with Crippen LogP contribution in [0.25, 0.3) is 0 Å². The maximum atomic E-state index is 5.38. The number of ether oxygens (including phenoxy) is 1. The van der Waals surface area contributed by atoms with Crippen LogP contribution >= 0.6 is 0 Å². The van der Waals surface area contributed by atoms with E-state index in [2.05, 4.69) is 54.2 Å². The molecular formula is C18H29N3O. The zero-order valence-corrected chi connectivity index (χ0v) is 14.1. The van der Waals surface area contributed by atoms with E-state index in [1.807, 2.05) is 0 Å². The summed E-state index contributed by atoms with van der Waals surface area (Å²) in [5, 5.41) is 3.43. The van der Waals surface area contributed by atoms with Crippen molar-refractivity contribution in [1.29, 1.82) is 0 Å². The van der Waals surface area contributed by atoms with Gasteiger partial charge in [0.2, 0.25) is 0 Å². The Bertz CT molecular complexity index is 493. The number of benzene rings is 1. The van der Waals surface area contributed by atoms with E-state index in [1.54, 1.807) is 0 Å². The lowest BCUT2D eigenvalue weighted by molar-refractivity contribution is 0.0100. The second-order valence-corrected chi connectivity index (χ2v) is 6.87. The molecule has 0 saturated carbocycles. The van der Waals surface area contributed by atoms with Crippen LogP contribution in [0.4, 0.5) is 5.69 Å². The van der Waals surface area contributed by atoms with Crippen molar-refractivity contribution in [1.82, 2.24) is 10.2 Å². The van der Waals surface area contributed by atoms with Crippen molar-refractivity contribution in [3.05, 3.63) is 29.3 Å². The van der Waals surface area contributed by atoms with E-state index in [-0.39, 0.29) is 0 Å².